The van der Waals surface area contributed by atoms with E-state index in [-0.39, 0.29) is 0 Å². The van der Waals surface area contributed by atoms with Crippen LogP contribution in [0.5, 0.6) is 0 Å². The molecule has 128 valence electrons. The molecular weight excluding hydrogens is 308 g/mol. The molecule has 4 nitrogen and oxygen atoms in total. The van der Waals surface area contributed by atoms with Crippen LogP contribution in [0, 0.1) is 5.92 Å². The fourth-order valence-corrected chi connectivity index (χ4v) is 3.86. The van der Waals surface area contributed by atoms with Crippen molar-refractivity contribution in [3.63, 3.8) is 0 Å². The van der Waals surface area contributed by atoms with Crippen molar-refractivity contribution in [1.29, 1.82) is 0 Å². The number of para-hydroxylation sites is 2. The van der Waals surface area contributed by atoms with Gasteiger partial charge in [-0.25, -0.2) is 4.68 Å². The zero-order valence-corrected chi connectivity index (χ0v) is 14.5. The first-order valence-corrected chi connectivity index (χ1v) is 9.39. The van der Waals surface area contributed by atoms with Crippen LogP contribution in [-0.4, -0.2) is 47.4 Å². The van der Waals surface area contributed by atoms with Crippen molar-refractivity contribution in [2.75, 3.05) is 37.6 Å². The second kappa shape index (κ2) is 6.19. The maximum Gasteiger partial charge on any atom is 0.159 e. The van der Waals surface area contributed by atoms with E-state index in [1.165, 1.54) is 30.3 Å². The first-order valence-electron chi connectivity index (χ1n) is 9.39. The number of hydrogen-bond acceptors (Lipinski definition) is 3. The Balaban J connectivity index is 1.45. The highest BCUT2D eigenvalue weighted by molar-refractivity contribution is 5.91. The summed E-state index contributed by atoms with van der Waals surface area (Å²) in [7, 11) is 0. The van der Waals surface area contributed by atoms with E-state index < -0.39 is 0 Å². The van der Waals surface area contributed by atoms with Crippen LogP contribution < -0.4 is 4.90 Å². The van der Waals surface area contributed by atoms with Crippen molar-refractivity contribution >= 4 is 16.7 Å². The molecule has 0 unspecified atom stereocenters. The molecule has 1 saturated heterocycles. The lowest BCUT2D eigenvalue weighted by molar-refractivity contribution is 0.247. The molecule has 2 fully saturated rings. The van der Waals surface area contributed by atoms with Gasteiger partial charge in [0.25, 0.3) is 0 Å². The zero-order valence-electron chi connectivity index (χ0n) is 14.5. The smallest absolute Gasteiger partial charge is 0.159 e. The quantitative estimate of drug-likeness (QED) is 0.730. The summed E-state index contributed by atoms with van der Waals surface area (Å²) < 4.78 is 2.08. The summed E-state index contributed by atoms with van der Waals surface area (Å²) in [5.74, 6) is 2.11. The van der Waals surface area contributed by atoms with E-state index in [0.29, 0.717) is 0 Å². The number of benzene rings is 2. The van der Waals surface area contributed by atoms with E-state index in [2.05, 4.69) is 69.1 Å². The van der Waals surface area contributed by atoms with Gasteiger partial charge < -0.3 is 4.90 Å². The molecule has 4 heteroatoms. The maximum atomic E-state index is 5.01. The third-order valence-electron chi connectivity index (χ3n) is 5.45. The van der Waals surface area contributed by atoms with Gasteiger partial charge in [0, 0.05) is 38.1 Å². The van der Waals surface area contributed by atoms with Gasteiger partial charge in [-0.15, -0.1) is 5.10 Å². The predicted molar refractivity (Wildman–Crippen MR) is 102 cm³/mol. The van der Waals surface area contributed by atoms with Gasteiger partial charge in [0.15, 0.2) is 5.82 Å². The predicted octanol–water partition coefficient (Wildman–Crippen LogP) is 3.56. The summed E-state index contributed by atoms with van der Waals surface area (Å²) >= 11 is 0. The van der Waals surface area contributed by atoms with E-state index in [1.54, 1.807) is 0 Å². The van der Waals surface area contributed by atoms with Crippen LogP contribution in [0.2, 0.25) is 0 Å². The van der Waals surface area contributed by atoms with Crippen LogP contribution in [0.3, 0.4) is 0 Å². The molecule has 0 amide bonds. The van der Waals surface area contributed by atoms with Crippen LogP contribution in [0.4, 0.5) is 5.82 Å². The normalized spacial score (nSPS) is 18.8. The van der Waals surface area contributed by atoms with Crippen molar-refractivity contribution in [3.05, 3.63) is 54.6 Å². The highest BCUT2D eigenvalue weighted by atomic mass is 15.4. The number of fused-ring (bicyclic) bond motifs is 1. The summed E-state index contributed by atoms with van der Waals surface area (Å²) in [6.07, 6.45) is 2.87. The van der Waals surface area contributed by atoms with Crippen molar-refractivity contribution in [2.45, 2.75) is 12.8 Å². The van der Waals surface area contributed by atoms with Crippen molar-refractivity contribution < 1.29 is 0 Å². The van der Waals surface area contributed by atoms with E-state index in [0.717, 1.165) is 43.6 Å². The number of hydrogen-bond donors (Lipinski definition) is 0. The van der Waals surface area contributed by atoms with Crippen molar-refractivity contribution in [3.8, 4) is 5.69 Å². The Hall–Kier alpha value is -2.33. The molecule has 0 atom stereocenters. The fourth-order valence-electron chi connectivity index (χ4n) is 3.86. The van der Waals surface area contributed by atoms with Crippen LogP contribution in [-0.2, 0) is 0 Å². The molecule has 1 saturated carbocycles. The molecule has 0 radical (unpaired) electrons. The summed E-state index contributed by atoms with van der Waals surface area (Å²) in [5, 5.41) is 6.26. The lowest BCUT2D eigenvalue weighted by Crippen LogP contribution is -2.47. The molecule has 1 aliphatic heterocycles. The van der Waals surface area contributed by atoms with Gasteiger partial charge in [-0.2, -0.15) is 0 Å². The summed E-state index contributed by atoms with van der Waals surface area (Å²) in [6.45, 7) is 5.75. The number of nitrogens with zero attached hydrogens (tertiary/aromatic N) is 4. The van der Waals surface area contributed by atoms with Crippen molar-refractivity contribution in [2.24, 2.45) is 5.92 Å². The number of piperazine rings is 1. The Morgan fingerprint density at radius 2 is 1.56 bits per heavy atom. The summed E-state index contributed by atoms with van der Waals surface area (Å²) in [4.78, 5) is 5.09. The summed E-state index contributed by atoms with van der Waals surface area (Å²) in [5.41, 5.74) is 2.31. The van der Waals surface area contributed by atoms with Crippen LogP contribution in [0.1, 0.15) is 12.8 Å². The first-order chi connectivity index (χ1) is 12.4. The summed E-state index contributed by atoms with van der Waals surface area (Å²) in [6, 6.07) is 19.0. The Morgan fingerprint density at radius 3 is 2.32 bits per heavy atom. The molecule has 2 heterocycles. The van der Waals surface area contributed by atoms with Crippen LogP contribution in [0.25, 0.3) is 16.6 Å². The largest absolute Gasteiger partial charge is 0.352 e. The van der Waals surface area contributed by atoms with E-state index in [1.807, 2.05) is 0 Å². The second-order valence-corrected chi connectivity index (χ2v) is 7.32. The van der Waals surface area contributed by atoms with Gasteiger partial charge in [-0.3, -0.25) is 4.90 Å². The number of rotatable bonds is 4. The first kappa shape index (κ1) is 15.0. The lowest BCUT2D eigenvalue weighted by atomic mass is 10.2. The van der Waals surface area contributed by atoms with E-state index in [9.17, 15) is 0 Å². The SMILES string of the molecule is c1ccc(-n2nc(N3CCN(CC4CC4)CC3)c3ccccc32)cc1. The Labute approximate surface area is 148 Å². The van der Waals surface area contributed by atoms with E-state index in [4.69, 9.17) is 5.10 Å². The van der Waals surface area contributed by atoms with Gasteiger partial charge >= 0.3 is 0 Å². The average Bonchev–Trinajstić information content (AvgIpc) is 3.41. The molecule has 3 aromatic rings. The van der Waals surface area contributed by atoms with Crippen molar-refractivity contribution in [1.82, 2.24) is 14.7 Å². The average molecular weight is 332 g/mol. The highest BCUT2D eigenvalue weighted by Gasteiger charge is 2.27. The molecular formula is C21H24N4. The zero-order chi connectivity index (χ0) is 16.6. The van der Waals surface area contributed by atoms with Gasteiger partial charge in [-0.1, -0.05) is 30.3 Å². The van der Waals surface area contributed by atoms with Gasteiger partial charge in [0.2, 0.25) is 0 Å². The minimum Gasteiger partial charge on any atom is -0.352 e. The molecule has 25 heavy (non-hydrogen) atoms. The van der Waals surface area contributed by atoms with Gasteiger partial charge in [-0.05, 0) is 43.0 Å². The molecule has 0 spiro atoms. The number of aromatic nitrogens is 2. The van der Waals surface area contributed by atoms with Gasteiger partial charge in [0.1, 0.15) is 0 Å². The standard InChI is InChI=1S/C21H24N4/c1-2-6-18(7-3-1)25-20-9-5-4-8-19(20)21(22-25)24-14-12-23(13-15-24)16-17-10-11-17/h1-9,17H,10-16H2. The minimum atomic E-state index is 0.977. The monoisotopic (exact) mass is 332 g/mol. The van der Waals surface area contributed by atoms with E-state index >= 15 is 0 Å². The molecule has 2 aromatic carbocycles. The third-order valence-corrected chi connectivity index (χ3v) is 5.45. The highest BCUT2D eigenvalue weighted by Crippen LogP contribution is 2.31. The van der Waals surface area contributed by atoms with Crippen LogP contribution in [0.15, 0.2) is 54.6 Å². The lowest BCUT2D eigenvalue weighted by Gasteiger charge is -2.35. The maximum absolute atomic E-state index is 5.01. The number of anilines is 1. The van der Waals surface area contributed by atoms with Crippen LogP contribution >= 0.6 is 0 Å². The Morgan fingerprint density at radius 1 is 0.840 bits per heavy atom. The Kier molecular flexibility index (Phi) is 3.71. The molecule has 0 N–H and O–H groups in total. The topological polar surface area (TPSA) is 24.3 Å². The molecule has 1 aliphatic carbocycles. The minimum absolute atomic E-state index is 0.977. The molecule has 1 aromatic heterocycles. The Bertz CT molecular complexity index is 858. The molecule has 2 aliphatic rings. The van der Waals surface area contributed by atoms with Gasteiger partial charge in [0.05, 0.1) is 11.2 Å². The second-order valence-electron chi connectivity index (χ2n) is 7.32. The molecule has 5 rings (SSSR count). The molecule has 0 bridgehead atoms. The third kappa shape index (κ3) is 2.91. The fraction of sp³-hybridized carbons (Fsp3) is 0.381.